The van der Waals surface area contributed by atoms with Gasteiger partial charge in [-0.05, 0) is 31.0 Å². The third-order valence-corrected chi connectivity index (χ3v) is 5.86. The predicted octanol–water partition coefficient (Wildman–Crippen LogP) is 1.08. The molecule has 0 atom stereocenters. The second-order valence-electron chi connectivity index (χ2n) is 5.77. The van der Waals surface area contributed by atoms with Crippen molar-refractivity contribution in [3.63, 3.8) is 0 Å². The van der Waals surface area contributed by atoms with Crippen molar-refractivity contribution in [3.05, 3.63) is 23.8 Å². The lowest BCUT2D eigenvalue weighted by atomic mass is 10.2. The van der Waals surface area contributed by atoms with E-state index >= 15 is 0 Å². The molecule has 1 aliphatic heterocycles. The van der Waals surface area contributed by atoms with Gasteiger partial charge in [-0.1, -0.05) is 13.0 Å². The molecule has 0 unspecified atom stereocenters. The Labute approximate surface area is 138 Å². The van der Waals surface area contributed by atoms with E-state index in [0.29, 0.717) is 45.1 Å². The van der Waals surface area contributed by atoms with E-state index in [0.717, 1.165) is 12.0 Å². The third kappa shape index (κ3) is 4.44. The van der Waals surface area contributed by atoms with Gasteiger partial charge in [-0.2, -0.15) is 4.31 Å². The summed E-state index contributed by atoms with van der Waals surface area (Å²) < 4.78 is 33.0. The summed E-state index contributed by atoms with van der Waals surface area (Å²) >= 11 is 0. The highest BCUT2D eigenvalue weighted by Gasteiger charge is 2.30. The maximum atomic E-state index is 12.9. The highest BCUT2D eigenvalue weighted by atomic mass is 32.2. The normalized spacial score (nSPS) is 17.3. The summed E-state index contributed by atoms with van der Waals surface area (Å²) in [5, 5.41) is 8.98. The minimum atomic E-state index is -3.56. The molecule has 0 aromatic heterocycles. The highest BCUT2D eigenvalue weighted by molar-refractivity contribution is 7.89. The molecule has 0 bridgehead atoms. The number of rotatable bonds is 7. The standard InChI is InChI=1S/C16H26N2O4S/c1-3-12-22-15-13-14(2)4-5-16(15)23(20,21)18-8-6-17(7-9-18)10-11-19/h4-5,13,19H,3,6-12H2,1-2H3. The van der Waals surface area contributed by atoms with Gasteiger partial charge in [0, 0.05) is 32.7 Å². The van der Waals surface area contributed by atoms with E-state index in [4.69, 9.17) is 9.84 Å². The van der Waals surface area contributed by atoms with E-state index in [1.54, 1.807) is 18.2 Å². The lowest BCUT2D eigenvalue weighted by Crippen LogP contribution is -2.49. The number of nitrogens with zero attached hydrogens (tertiary/aromatic N) is 2. The Morgan fingerprint density at radius 1 is 1.22 bits per heavy atom. The molecule has 0 saturated carbocycles. The number of aryl methyl sites for hydroxylation is 1. The van der Waals surface area contributed by atoms with Crippen molar-refractivity contribution >= 4 is 10.0 Å². The van der Waals surface area contributed by atoms with Gasteiger partial charge in [0.1, 0.15) is 10.6 Å². The average Bonchev–Trinajstić information content (AvgIpc) is 2.53. The fourth-order valence-corrected chi connectivity index (χ4v) is 4.16. The molecule has 1 heterocycles. The van der Waals surface area contributed by atoms with Crippen LogP contribution in [0.2, 0.25) is 0 Å². The summed E-state index contributed by atoms with van der Waals surface area (Å²) in [5.41, 5.74) is 0.975. The largest absolute Gasteiger partial charge is 0.492 e. The van der Waals surface area contributed by atoms with Crippen LogP contribution in [0.1, 0.15) is 18.9 Å². The van der Waals surface area contributed by atoms with Crippen molar-refractivity contribution < 1.29 is 18.3 Å². The number of ether oxygens (including phenoxy) is 1. The van der Waals surface area contributed by atoms with E-state index in [-0.39, 0.29) is 11.5 Å². The van der Waals surface area contributed by atoms with Gasteiger partial charge in [-0.3, -0.25) is 4.90 Å². The van der Waals surface area contributed by atoms with Crippen LogP contribution >= 0.6 is 0 Å². The molecule has 1 aromatic rings. The van der Waals surface area contributed by atoms with Crippen molar-refractivity contribution in [3.8, 4) is 5.75 Å². The third-order valence-electron chi connectivity index (χ3n) is 3.93. The van der Waals surface area contributed by atoms with Crippen molar-refractivity contribution in [2.45, 2.75) is 25.2 Å². The van der Waals surface area contributed by atoms with Gasteiger partial charge in [0.15, 0.2) is 0 Å². The fraction of sp³-hybridized carbons (Fsp3) is 0.625. The molecule has 0 aliphatic carbocycles. The number of aliphatic hydroxyl groups excluding tert-OH is 1. The van der Waals surface area contributed by atoms with Crippen LogP contribution in [0.4, 0.5) is 0 Å². The van der Waals surface area contributed by atoms with Crippen LogP contribution in [0.5, 0.6) is 5.75 Å². The summed E-state index contributed by atoms with van der Waals surface area (Å²) in [6, 6.07) is 5.22. The first-order chi connectivity index (χ1) is 11.0. The minimum absolute atomic E-state index is 0.0969. The minimum Gasteiger partial charge on any atom is -0.492 e. The topological polar surface area (TPSA) is 70.1 Å². The van der Waals surface area contributed by atoms with Crippen LogP contribution in [0.15, 0.2) is 23.1 Å². The van der Waals surface area contributed by atoms with Gasteiger partial charge in [0.2, 0.25) is 10.0 Å². The summed E-state index contributed by atoms with van der Waals surface area (Å²) in [6.45, 7) is 7.23. The van der Waals surface area contributed by atoms with Crippen LogP contribution in [-0.4, -0.2) is 68.7 Å². The Balaban J connectivity index is 2.19. The van der Waals surface area contributed by atoms with Gasteiger partial charge in [0.05, 0.1) is 13.2 Å². The predicted molar refractivity (Wildman–Crippen MR) is 89.2 cm³/mol. The monoisotopic (exact) mass is 342 g/mol. The van der Waals surface area contributed by atoms with Crippen LogP contribution in [-0.2, 0) is 10.0 Å². The number of hydrogen-bond acceptors (Lipinski definition) is 5. The van der Waals surface area contributed by atoms with Crippen LogP contribution in [0.3, 0.4) is 0 Å². The number of aliphatic hydroxyl groups is 1. The Morgan fingerprint density at radius 2 is 1.91 bits per heavy atom. The molecule has 0 spiro atoms. The van der Waals surface area contributed by atoms with E-state index in [1.807, 2.05) is 13.8 Å². The molecule has 1 saturated heterocycles. The second-order valence-corrected chi connectivity index (χ2v) is 7.67. The first-order valence-corrected chi connectivity index (χ1v) is 9.50. The zero-order valence-corrected chi connectivity index (χ0v) is 14.7. The number of hydrogen-bond donors (Lipinski definition) is 1. The number of piperazine rings is 1. The molecule has 0 radical (unpaired) electrons. The fourth-order valence-electron chi connectivity index (χ4n) is 2.63. The first kappa shape index (κ1) is 18.2. The maximum absolute atomic E-state index is 12.9. The van der Waals surface area contributed by atoms with Gasteiger partial charge >= 0.3 is 0 Å². The summed E-state index contributed by atoms with van der Waals surface area (Å²) in [5.74, 6) is 0.435. The summed E-state index contributed by atoms with van der Waals surface area (Å²) in [4.78, 5) is 2.31. The molecule has 1 fully saturated rings. The smallest absolute Gasteiger partial charge is 0.246 e. The van der Waals surface area contributed by atoms with Crippen LogP contribution in [0.25, 0.3) is 0 Å². The summed E-state index contributed by atoms with van der Waals surface area (Å²) in [6.07, 6.45) is 0.827. The van der Waals surface area contributed by atoms with Crippen molar-refractivity contribution in [2.75, 3.05) is 45.9 Å². The highest BCUT2D eigenvalue weighted by Crippen LogP contribution is 2.28. The second kappa shape index (κ2) is 8.10. The SMILES string of the molecule is CCCOc1cc(C)ccc1S(=O)(=O)N1CCN(CCO)CC1. The molecule has 23 heavy (non-hydrogen) atoms. The number of β-amino-alcohol motifs (C(OH)–C–C–N with tert-alkyl or cyclic N) is 1. The molecular weight excluding hydrogens is 316 g/mol. The van der Waals surface area contributed by atoms with Crippen molar-refractivity contribution in [1.29, 1.82) is 0 Å². The Morgan fingerprint density at radius 3 is 2.52 bits per heavy atom. The maximum Gasteiger partial charge on any atom is 0.246 e. The molecule has 7 heteroatoms. The zero-order valence-electron chi connectivity index (χ0n) is 13.9. The lowest BCUT2D eigenvalue weighted by molar-refractivity contribution is 0.151. The quantitative estimate of drug-likeness (QED) is 0.803. The molecule has 2 rings (SSSR count). The average molecular weight is 342 g/mol. The van der Waals surface area contributed by atoms with E-state index in [2.05, 4.69) is 4.90 Å². The van der Waals surface area contributed by atoms with Crippen molar-refractivity contribution in [1.82, 2.24) is 9.21 Å². The van der Waals surface area contributed by atoms with Gasteiger partial charge in [0.25, 0.3) is 0 Å². The molecule has 1 aliphatic rings. The molecule has 1 aromatic carbocycles. The van der Waals surface area contributed by atoms with Gasteiger partial charge in [-0.15, -0.1) is 0 Å². The molecular formula is C16H26N2O4S. The molecule has 6 nitrogen and oxygen atoms in total. The zero-order chi connectivity index (χ0) is 16.9. The molecule has 1 N–H and O–H groups in total. The Kier molecular flexibility index (Phi) is 6.41. The van der Waals surface area contributed by atoms with Gasteiger partial charge in [-0.25, -0.2) is 8.42 Å². The Hall–Kier alpha value is -1.15. The van der Waals surface area contributed by atoms with E-state index < -0.39 is 10.0 Å². The van der Waals surface area contributed by atoms with Crippen LogP contribution < -0.4 is 4.74 Å². The number of benzene rings is 1. The van der Waals surface area contributed by atoms with E-state index in [9.17, 15) is 8.42 Å². The summed E-state index contributed by atoms with van der Waals surface area (Å²) in [7, 11) is -3.56. The first-order valence-electron chi connectivity index (χ1n) is 8.06. The van der Waals surface area contributed by atoms with E-state index in [1.165, 1.54) is 4.31 Å². The van der Waals surface area contributed by atoms with Crippen LogP contribution in [0, 0.1) is 6.92 Å². The Bertz CT molecular complexity index is 611. The lowest BCUT2D eigenvalue weighted by Gasteiger charge is -2.33. The molecule has 0 amide bonds. The van der Waals surface area contributed by atoms with Crippen molar-refractivity contribution in [2.24, 2.45) is 0 Å². The van der Waals surface area contributed by atoms with Gasteiger partial charge < -0.3 is 9.84 Å². The molecule has 130 valence electrons. The number of sulfonamides is 1.